The van der Waals surface area contributed by atoms with Crippen LogP contribution in [0.4, 0.5) is 4.79 Å². The molecule has 0 atom stereocenters. The summed E-state index contributed by atoms with van der Waals surface area (Å²) >= 11 is 0. The first kappa shape index (κ1) is 15.6. The van der Waals surface area contributed by atoms with Crippen molar-refractivity contribution in [2.45, 2.75) is 20.3 Å². The second-order valence-corrected chi connectivity index (χ2v) is 5.68. The Morgan fingerprint density at radius 2 is 2.00 bits per heavy atom. The Bertz CT molecular complexity index is 538. The first-order chi connectivity index (χ1) is 8.87. The SMILES string of the molecule is CCN(CC)C(=O)[n+]1cccc(CCS(=O)(=O)O)c1. The molecule has 6 nitrogen and oxygen atoms in total. The maximum atomic E-state index is 12.1. The molecule has 1 rings (SSSR count). The Hall–Kier alpha value is -1.47. The van der Waals surface area contributed by atoms with Crippen LogP contribution in [-0.2, 0) is 16.5 Å². The van der Waals surface area contributed by atoms with Gasteiger partial charge >= 0.3 is 6.03 Å². The molecule has 106 valence electrons. The van der Waals surface area contributed by atoms with Crippen molar-refractivity contribution in [1.29, 1.82) is 0 Å². The lowest BCUT2D eigenvalue weighted by atomic mass is 10.2. The van der Waals surface area contributed by atoms with Crippen molar-refractivity contribution in [1.82, 2.24) is 4.90 Å². The zero-order valence-electron chi connectivity index (χ0n) is 11.1. The van der Waals surface area contributed by atoms with Gasteiger partial charge in [0.25, 0.3) is 10.1 Å². The summed E-state index contributed by atoms with van der Waals surface area (Å²) in [4.78, 5) is 13.7. The van der Waals surface area contributed by atoms with Gasteiger partial charge < -0.3 is 0 Å². The van der Waals surface area contributed by atoms with E-state index in [1.165, 1.54) is 4.57 Å². The van der Waals surface area contributed by atoms with Crippen molar-refractivity contribution < 1.29 is 22.3 Å². The van der Waals surface area contributed by atoms with Crippen molar-refractivity contribution >= 4 is 16.1 Å². The molecule has 0 spiro atoms. The molecular weight excluding hydrogens is 268 g/mol. The lowest BCUT2D eigenvalue weighted by Crippen LogP contribution is -2.52. The van der Waals surface area contributed by atoms with Crippen molar-refractivity contribution in [3.8, 4) is 0 Å². The molecule has 1 amide bonds. The molecule has 0 aliphatic carbocycles. The molecule has 0 saturated heterocycles. The highest BCUT2D eigenvalue weighted by Gasteiger charge is 2.21. The van der Waals surface area contributed by atoms with E-state index >= 15 is 0 Å². The van der Waals surface area contributed by atoms with Crippen LogP contribution in [-0.4, -0.2) is 42.7 Å². The number of aryl methyl sites for hydroxylation is 1. The fraction of sp³-hybridized carbons (Fsp3) is 0.500. The molecule has 1 aromatic heterocycles. The highest BCUT2D eigenvalue weighted by molar-refractivity contribution is 7.85. The van der Waals surface area contributed by atoms with Crippen LogP contribution in [0.3, 0.4) is 0 Å². The third-order valence-electron chi connectivity index (χ3n) is 2.77. The van der Waals surface area contributed by atoms with Crippen LogP contribution in [0, 0.1) is 0 Å². The molecule has 0 aliphatic heterocycles. The van der Waals surface area contributed by atoms with Gasteiger partial charge in [-0.15, -0.1) is 0 Å². The molecule has 0 fully saturated rings. The quantitative estimate of drug-likeness (QED) is 0.639. The Morgan fingerprint density at radius 1 is 1.37 bits per heavy atom. The second kappa shape index (κ2) is 6.63. The molecule has 1 heterocycles. The van der Waals surface area contributed by atoms with E-state index in [1.807, 2.05) is 13.8 Å². The normalized spacial score (nSPS) is 11.3. The molecule has 7 heteroatoms. The van der Waals surface area contributed by atoms with Crippen LogP contribution < -0.4 is 4.57 Å². The average molecular weight is 287 g/mol. The van der Waals surface area contributed by atoms with E-state index in [2.05, 4.69) is 0 Å². The van der Waals surface area contributed by atoms with Gasteiger partial charge in [0.2, 0.25) is 0 Å². The molecule has 1 N–H and O–H groups in total. The minimum absolute atomic E-state index is 0.154. The third kappa shape index (κ3) is 4.96. The maximum absolute atomic E-state index is 12.1. The summed E-state index contributed by atoms with van der Waals surface area (Å²) in [7, 11) is -3.99. The monoisotopic (exact) mass is 287 g/mol. The third-order valence-corrected chi connectivity index (χ3v) is 3.49. The standard InChI is InChI=1S/C12H18N2O4S/c1-3-13(4-2)12(15)14-8-5-6-11(10-14)7-9-19(16,17)18/h5-6,8,10H,3-4,7,9H2,1-2H3/p+1. The Morgan fingerprint density at radius 3 is 2.53 bits per heavy atom. The number of aromatic nitrogens is 1. The largest absolute Gasteiger partial charge is 0.497 e. The molecule has 0 unspecified atom stereocenters. The zero-order chi connectivity index (χ0) is 14.5. The van der Waals surface area contributed by atoms with E-state index in [1.54, 1.807) is 29.4 Å². The molecular formula is C12H19N2O4S+. The van der Waals surface area contributed by atoms with E-state index < -0.39 is 10.1 Å². The van der Waals surface area contributed by atoms with Gasteiger partial charge in [0.05, 0.1) is 25.0 Å². The summed E-state index contributed by atoms with van der Waals surface area (Å²) in [6.45, 7) is 5.00. The fourth-order valence-corrected chi connectivity index (χ4v) is 2.19. The predicted molar refractivity (Wildman–Crippen MR) is 70.5 cm³/mol. The molecule has 0 saturated carbocycles. The average Bonchev–Trinajstić information content (AvgIpc) is 2.37. The number of amides is 1. The number of carbonyl (C=O) groups is 1. The van der Waals surface area contributed by atoms with Crippen molar-refractivity contribution in [2.24, 2.45) is 0 Å². The summed E-state index contributed by atoms with van der Waals surface area (Å²) in [6.07, 6.45) is 3.38. The van der Waals surface area contributed by atoms with Gasteiger partial charge in [-0.05, 0) is 31.9 Å². The molecule has 0 bridgehead atoms. The summed E-state index contributed by atoms with van der Waals surface area (Å²) in [5.41, 5.74) is 0.681. The van der Waals surface area contributed by atoms with E-state index in [9.17, 15) is 13.2 Å². The number of hydrogen-bond acceptors (Lipinski definition) is 3. The van der Waals surface area contributed by atoms with Gasteiger partial charge in [0, 0.05) is 0 Å². The molecule has 0 aromatic carbocycles. The van der Waals surface area contributed by atoms with Gasteiger partial charge in [-0.25, -0.2) is 4.90 Å². The highest BCUT2D eigenvalue weighted by atomic mass is 32.2. The van der Waals surface area contributed by atoms with Crippen LogP contribution in [0.2, 0.25) is 0 Å². The van der Waals surface area contributed by atoms with Gasteiger partial charge in [-0.2, -0.15) is 17.8 Å². The van der Waals surface area contributed by atoms with Crippen LogP contribution >= 0.6 is 0 Å². The van der Waals surface area contributed by atoms with Crippen LogP contribution in [0.1, 0.15) is 19.4 Å². The van der Waals surface area contributed by atoms with Gasteiger partial charge in [0.1, 0.15) is 6.20 Å². The fourth-order valence-electron chi connectivity index (χ4n) is 1.70. The zero-order valence-corrected chi connectivity index (χ0v) is 11.9. The Labute approximate surface area is 113 Å². The lowest BCUT2D eigenvalue weighted by Gasteiger charge is -2.10. The van der Waals surface area contributed by atoms with E-state index in [-0.39, 0.29) is 18.2 Å². The minimum atomic E-state index is -3.99. The topological polar surface area (TPSA) is 78.6 Å². The Kier molecular flexibility index (Phi) is 5.44. The van der Waals surface area contributed by atoms with E-state index in [0.29, 0.717) is 18.7 Å². The maximum Gasteiger partial charge on any atom is 0.497 e. The summed E-state index contributed by atoms with van der Waals surface area (Å²) < 4.78 is 31.5. The van der Waals surface area contributed by atoms with Gasteiger partial charge in [0.15, 0.2) is 0 Å². The smallest absolute Gasteiger partial charge is 0.286 e. The van der Waals surface area contributed by atoms with Gasteiger partial charge in [-0.3, -0.25) is 4.55 Å². The van der Waals surface area contributed by atoms with Gasteiger partial charge in [-0.1, -0.05) is 6.07 Å². The lowest BCUT2D eigenvalue weighted by molar-refractivity contribution is -0.578. The minimum Gasteiger partial charge on any atom is -0.286 e. The van der Waals surface area contributed by atoms with E-state index in [0.717, 1.165) is 0 Å². The Balaban J connectivity index is 2.85. The summed E-state index contributed by atoms with van der Waals surface area (Å²) in [5.74, 6) is -0.351. The number of hydrogen-bond donors (Lipinski definition) is 1. The number of carbonyl (C=O) groups excluding carboxylic acids is 1. The van der Waals surface area contributed by atoms with Crippen molar-refractivity contribution in [2.75, 3.05) is 18.8 Å². The first-order valence-corrected chi connectivity index (χ1v) is 7.73. The number of rotatable bonds is 5. The van der Waals surface area contributed by atoms with Crippen LogP contribution in [0.25, 0.3) is 0 Å². The summed E-state index contributed by atoms with van der Waals surface area (Å²) in [5, 5.41) is 0. The molecule has 19 heavy (non-hydrogen) atoms. The van der Waals surface area contributed by atoms with Crippen molar-refractivity contribution in [3.05, 3.63) is 30.1 Å². The number of nitrogens with zero attached hydrogens (tertiary/aromatic N) is 2. The first-order valence-electron chi connectivity index (χ1n) is 6.12. The van der Waals surface area contributed by atoms with Crippen LogP contribution in [0.5, 0.6) is 0 Å². The molecule has 0 radical (unpaired) electrons. The van der Waals surface area contributed by atoms with E-state index in [4.69, 9.17) is 4.55 Å². The second-order valence-electron chi connectivity index (χ2n) is 4.11. The molecule has 0 aliphatic rings. The van der Waals surface area contributed by atoms with Crippen molar-refractivity contribution in [3.63, 3.8) is 0 Å². The molecule has 1 aromatic rings. The number of pyridine rings is 1. The van der Waals surface area contributed by atoms with Crippen LogP contribution in [0.15, 0.2) is 24.5 Å². The summed E-state index contributed by atoms with van der Waals surface area (Å²) in [6, 6.07) is 3.25. The predicted octanol–water partition coefficient (Wildman–Crippen LogP) is 0.714. The highest BCUT2D eigenvalue weighted by Crippen LogP contribution is 1.99.